The molecule has 7 nitrogen and oxygen atoms in total. The minimum absolute atomic E-state index is 0.0516. The molecule has 4 rings (SSSR count). The molecule has 2 amide bonds. The van der Waals surface area contributed by atoms with Crippen LogP contribution in [0.5, 0.6) is 0 Å². The molecule has 4 aromatic carbocycles. The number of hydrogen-bond donors (Lipinski definition) is 1. The molecule has 0 unspecified atom stereocenters. The first kappa shape index (κ1) is 34.2. The van der Waals surface area contributed by atoms with Gasteiger partial charge in [0.15, 0.2) is 0 Å². The molecule has 0 aliphatic carbocycles. The number of carbonyl (C=O) groups is 2. The van der Waals surface area contributed by atoms with E-state index in [2.05, 4.69) is 5.32 Å². The number of hydrogen-bond acceptors (Lipinski definition) is 4. The molecule has 0 heterocycles. The van der Waals surface area contributed by atoms with Crippen LogP contribution in [0.3, 0.4) is 0 Å². The first-order valence-corrected chi connectivity index (χ1v) is 16.1. The van der Waals surface area contributed by atoms with Crippen LogP contribution in [0.15, 0.2) is 114 Å². The Morgan fingerprint density at radius 3 is 2.00 bits per heavy atom. The van der Waals surface area contributed by atoms with Crippen LogP contribution in [0.25, 0.3) is 0 Å². The normalized spacial score (nSPS) is 12.4. The molecule has 0 aliphatic rings. The van der Waals surface area contributed by atoms with Crippen molar-refractivity contribution in [3.63, 3.8) is 0 Å². The summed E-state index contributed by atoms with van der Waals surface area (Å²) in [7, 11) is -4.53. The molecule has 46 heavy (non-hydrogen) atoms. The molecule has 1 N–H and O–H groups in total. The number of anilines is 1. The number of carbonyl (C=O) groups excluding carboxylic acids is 2. The van der Waals surface area contributed by atoms with Crippen LogP contribution in [0.2, 0.25) is 0 Å². The Bertz CT molecular complexity index is 1730. The summed E-state index contributed by atoms with van der Waals surface area (Å²) in [5.41, 5.74) is 1.02. The molecule has 0 saturated heterocycles. The lowest BCUT2D eigenvalue weighted by molar-refractivity contribution is -0.140. The van der Waals surface area contributed by atoms with E-state index in [1.54, 1.807) is 44.2 Å². The molecule has 242 valence electrons. The van der Waals surface area contributed by atoms with Crippen LogP contribution >= 0.6 is 0 Å². The van der Waals surface area contributed by atoms with E-state index in [1.807, 2.05) is 37.3 Å². The van der Waals surface area contributed by atoms with E-state index < -0.39 is 46.2 Å². The van der Waals surface area contributed by atoms with E-state index in [0.29, 0.717) is 15.9 Å². The standard InChI is InChI=1S/C35H36F3N3O4S/c1-25(2)39-34(43)32(21-27-11-6-4-7-12-27)40(23-28-19-17-26(3)18-20-28)33(42)24-41(46(44,45)31-15-8-5-9-16-31)30-14-10-13-29(22-30)35(36,37)38/h4-20,22,25,32H,21,23-24H2,1-3H3,(H,39,43)/t32-/m0/s1. The van der Waals surface area contributed by atoms with Crippen molar-refractivity contribution in [2.24, 2.45) is 0 Å². The summed E-state index contributed by atoms with van der Waals surface area (Å²) in [6.45, 7) is 4.56. The maximum absolute atomic E-state index is 14.4. The molecule has 0 saturated carbocycles. The fourth-order valence-electron chi connectivity index (χ4n) is 4.91. The van der Waals surface area contributed by atoms with Crippen molar-refractivity contribution in [3.8, 4) is 0 Å². The number of sulfonamides is 1. The van der Waals surface area contributed by atoms with E-state index in [4.69, 9.17) is 0 Å². The van der Waals surface area contributed by atoms with Gasteiger partial charge in [0, 0.05) is 19.0 Å². The van der Waals surface area contributed by atoms with Crippen LogP contribution in [-0.2, 0) is 38.8 Å². The summed E-state index contributed by atoms with van der Waals surface area (Å²) < 4.78 is 69.8. The fraction of sp³-hybridized carbons (Fsp3) is 0.257. The minimum atomic E-state index is -4.75. The summed E-state index contributed by atoms with van der Waals surface area (Å²) in [5, 5.41) is 2.87. The highest BCUT2D eigenvalue weighted by Crippen LogP contribution is 2.33. The topological polar surface area (TPSA) is 86.8 Å². The molecule has 0 aromatic heterocycles. The lowest BCUT2D eigenvalue weighted by Gasteiger charge is -2.34. The van der Waals surface area contributed by atoms with Gasteiger partial charge < -0.3 is 10.2 Å². The van der Waals surface area contributed by atoms with Crippen molar-refractivity contribution < 1.29 is 31.2 Å². The number of nitrogens with one attached hydrogen (secondary N) is 1. The zero-order valence-electron chi connectivity index (χ0n) is 25.7. The molecule has 1 atom stereocenters. The molecular weight excluding hydrogens is 615 g/mol. The second-order valence-corrected chi connectivity index (χ2v) is 13.1. The summed E-state index contributed by atoms with van der Waals surface area (Å²) in [5.74, 6) is -1.21. The van der Waals surface area contributed by atoms with Gasteiger partial charge in [-0.1, -0.05) is 84.4 Å². The van der Waals surface area contributed by atoms with Gasteiger partial charge in [-0.25, -0.2) is 8.42 Å². The number of alkyl halides is 3. The Hall–Kier alpha value is -4.64. The van der Waals surface area contributed by atoms with E-state index in [1.165, 1.54) is 35.2 Å². The van der Waals surface area contributed by atoms with Crippen LogP contribution in [0.1, 0.15) is 36.1 Å². The predicted molar refractivity (Wildman–Crippen MR) is 171 cm³/mol. The monoisotopic (exact) mass is 651 g/mol. The van der Waals surface area contributed by atoms with E-state index in [0.717, 1.165) is 23.3 Å². The van der Waals surface area contributed by atoms with Gasteiger partial charge in [0.2, 0.25) is 11.8 Å². The van der Waals surface area contributed by atoms with E-state index in [-0.39, 0.29) is 29.6 Å². The quantitative estimate of drug-likeness (QED) is 0.193. The molecule has 0 fully saturated rings. The van der Waals surface area contributed by atoms with Gasteiger partial charge >= 0.3 is 6.18 Å². The largest absolute Gasteiger partial charge is 0.416 e. The first-order valence-electron chi connectivity index (χ1n) is 14.7. The number of nitrogens with zero attached hydrogens (tertiary/aromatic N) is 2. The second kappa shape index (κ2) is 14.6. The van der Waals surface area contributed by atoms with Gasteiger partial charge in [-0.2, -0.15) is 13.2 Å². The Labute approximate surface area is 267 Å². The predicted octanol–water partition coefficient (Wildman–Crippen LogP) is 6.37. The molecule has 0 bridgehead atoms. The third-order valence-corrected chi connectivity index (χ3v) is 9.04. The third-order valence-electron chi connectivity index (χ3n) is 7.25. The van der Waals surface area contributed by atoms with Crippen molar-refractivity contribution >= 4 is 27.5 Å². The molecule has 11 heteroatoms. The van der Waals surface area contributed by atoms with Gasteiger partial charge in [-0.15, -0.1) is 0 Å². The van der Waals surface area contributed by atoms with Crippen molar-refractivity contribution in [1.29, 1.82) is 0 Å². The van der Waals surface area contributed by atoms with Gasteiger partial charge in [0.25, 0.3) is 10.0 Å². The molecule has 0 aliphatic heterocycles. The average Bonchev–Trinajstić information content (AvgIpc) is 3.02. The highest BCUT2D eigenvalue weighted by Gasteiger charge is 2.36. The first-order chi connectivity index (χ1) is 21.8. The summed E-state index contributed by atoms with van der Waals surface area (Å²) >= 11 is 0. The lowest BCUT2D eigenvalue weighted by Crippen LogP contribution is -2.54. The summed E-state index contributed by atoms with van der Waals surface area (Å²) in [6.07, 6.45) is -4.64. The van der Waals surface area contributed by atoms with Crippen molar-refractivity contribution in [3.05, 3.63) is 131 Å². The van der Waals surface area contributed by atoms with Crippen molar-refractivity contribution in [2.75, 3.05) is 10.8 Å². The van der Waals surface area contributed by atoms with Gasteiger partial charge in [-0.05, 0) is 62.2 Å². The SMILES string of the molecule is Cc1ccc(CN(C(=O)CN(c2cccc(C(F)(F)F)c2)S(=O)(=O)c2ccccc2)[C@@H](Cc2ccccc2)C(=O)NC(C)C)cc1. The number of aryl methyl sites for hydroxylation is 1. The third kappa shape index (κ3) is 8.75. The smallest absolute Gasteiger partial charge is 0.352 e. The summed E-state index contributed by atoms with van der Waals surface area (Å²) in [4.78, 5) is 29.2. The maximum Gasteiger partial charge on any atom is 0.416 e. The Morgan fingerprint density at radius 2 is 1.41 bits per heavy atom. The van der Waals surface area contributed by atoms with Crippen LogP contribution in [0.4, 0.5) is 18.9 Å². The zero-order valence-corrected chi connectivity index (χ0v) is 26.6. The molecular formula is C35H36F3N3O4S. The van der Waals surface area contributed by atoms with Crippen LogP contribution < -0.4 is 9.62 Å². The van der Waals surface area contributed by atoms with Gasteiger partial charge in [0.05, 0.1) is 16.1 Å². The number of amides is 2. The average molecular weight is 652 g/mol. The zero-order chi connectivity index (χ0) is 33.5. The highest BCUT2D eigenvalue weighted by atomic mass is 32.2. The molecule has 0 radical (unpaired) electrons. The van der Waals surface area contributed by atoms with E-state index >= 15 is 0 Å². The van der Waals surface area contributed by atoms with Crippen LogP contribution in [-0.4, -0.2) is 43.8 Å². The minimum Gasteiger partial charge on any atom is -0.352 e. The Balaban J connectivity index is 1.83. The number of benzene rings is 4. The van der Waals surface area contributed by atoms with Crippen molar-refractivity contribution in [2.45, 2.75) is 56.9 Å². The maximum atomic E-state index is 14.4. The Kier molecular flexibility index (Phi) is 10.9. The number of halogens is 3. The molecule has 0 spiro atoms. The fourth-order valence-corrected chi connectivity index (χ4v) is 6.34. The lowest BCUT2D eigenvalue weighted by atomic mass is 10.0. The van der Waals surface area contributed by atoms with Crippen LogP contribution in [0, 0.1) is 6.92 Å². The highest BCUT2D eigenvalue weighted by molar-refractivity contribution is 7.92. The Morgan fingerprint density at radius 1 is 0.804 bits per heavy atom. The van der Waals surface area contributed by atoms with Crippen molar-refractivity contribution in [1.82, 2.24) is 10.2 Å². The van der Waals surface area contributed by atoms with Gasteiger partial charge in [-0.3, -0.25) is 13.9 Å². The summed E-state index contributed by atoms with van der Waals surface area (Å²) in [6, 6.07) is 26.1. The second-order valence-electron chi connectivity index (χ2n) is 11.2. The number of rotatable bonds is 12. The molecule has 4 aromatic rings. The van der Waals surface area contributed by atoms with E-state index in [9.17, 15) is 31.2 Å². The van der Waals surface area contributed by atoms with Gasteiger partial charge in [0.1, 0.15) is 12.6 Å².